The van der Waals surface area contributed by atoms with Crippen LogP contribution >= 0.6 is 0 Å². The summed E-state index contributed by atoms with van der Waals surface area (Å²) in [6.45, 7) is 1.97. The molecule has 0 N–H and O–H groups in total. The van der Waals surface area contributed by atoms with Crippen LogP contribution in [0.25, 0.3) is 0 Å². The van der Waals surface area contributed by atoms with Gasteiger partial charge in [0.2, 0.25) is 0 Å². The Morgan fingerprint density at radius 2 is 2.31 bits per heavy atom. The predicted molar refractivity (Wildman–Crippen MR) is 62.8 cm³/mol. The van der Waals surface area contributed by atoms with Gasteiger partial charge in [-0.05, 0) is 30.9 Å². The molecule has 1 aliphatic rings. The van der Waals surface area contributed by atoms with Gasteiger partial charge >= 0.3 is 0 Å². The Bertz CT molecular complexity index is 351. The Balaban J connectivity index is 1.80. The van der Waals surface area contributed by atoms with E-state index in [-0.39, 0.29) is 0 Å². The lowest BCUT2D eigenvalue weighted by Gasteiger charge is -2.20. The van der Waals surface area contributed by atoms with E-state index in [9.17, 15) is 0 Å². The van der Waals surface area contributed by atoms with Crippen LogP contribution in [0.4, 0.5) is 0 Å². The van der Waals surface area contributed by atoms with Crippen LogP contribution in [0.3, 0.4) is 0 Å². The van der Waals surface area contributed by atoms with Gasteiger partial charge in [-0.25, -0.2) is 0 Å². The molecule has 3 nitrogen and oxygen atoms in total. The molecule has 0 spiro atoms. The van der Waals surface area contributed by atoms with Crippen molar-refractivity contribution in [3.63, 3.8) is 0 Å². The molecule has 0 radical (unpaired) electrons. The van der Waals surface area contributed by atoms with Gasteiger partial charge < -0.3 is 0 Å². The highest BCUT2D eigenvalue weighted by atomic mass is 15.2. The molecular weight excluding hydrogens is 198 g/mol. The molecule has 0 atom stereocenters. The monoisotopic (exact) mass is 215 g/mol. The second kappa shape index (κ2) is 5.62. The van der Waals surface area contributed by atoms with E-state index in [1.165, 1.54) is 18.4 Å². The zero-order valence-corrected chi connectivity index (χ0v) is 9.47. The van der Waals surface area contributed by atoms with Crippen LogP contribution in [0, 0.1) is 11.3 Å². The summed E-state index contributed by atoms with van der Waals surface area (Å²) in [7, 11) is 0. The van der Waals surface area contributed by atoms with Crippen LogP contribution in [0.1, 0.15) is 24.8 Å². The molecule has 0 saturated heterocycles. The van der Waals surface area contributed by atoms with Crippen molar-refractivity contribution in [2.75, 3.05) is 13.1 Å². The van der Waals surface area contributed by atoms with Crippen molar-refractivity contribution in [3.05, 3.63) is 30.1 Å². The molecule has 0 aliphatic heterocycles. The van der Waals surface area contributed by atoms with Gasteiger partial charge in [-0.3, -0.25) is 9.88 Å². The largest absolute Gasteiger partial charge is 0.299 e. The maximum Gasteiger partial charge on any atom is 0.0635 e. The van der Waals surface area contributed by atoms with E-state index in [1.54, 1.807) is 6.20 Å². The van der Waals surface area contributed by atoms with Crippen molar-refractivity contribution in [3.8, 4) is 6.07 Å². The summed E-state index contributed by atoms with van der Waals surface area (Å²) in [5, 5.41) is 8.62. The second-order valence-corrected chi connectivity index (χ2v) is 4.29. The van der Waals surface area contributed by atoms with Crippen molar-refractivity contribution in [2.45, 2.75) is 31.7 Å². The van der Waals surface area contributed by atoms with Crippen molar-refractivity contribution in [1.82, 2.24) is 9.88 Å². The molecule has 0 amide bonds. The number of pyridine rings is 1. The maximum atomic E-state index is 8.62. The average molecular weight is 215 g/mol. The van der Waals surface area contributed by atoms with Crippen LogP contribution in [0.5, 0.6) is 0 Å². The van der Waals surface area contributed by atoms with Crippen LogP contribution in [0.2, 0.25) is 0 Å². The fourth-order valence-corrected chi connectivity index (χ4v) is 1.93. The zero-order valence-electron chi connectivity index (χ0n) is 9.47. The molecule has 16 heavy (non-hydrogen) atoms. The van der Waals surface area contributed by atoms with E-state index in [2.05, 4.69) is 22.0 Å². The van der Waals surface area contributed by atoms with E-state index >= 15 is 0 Å². The number of aromatic nitrogens is 1. The summed E-state index contributed by atoms with van der Waals surface area (Å²) in [4.78, 5) is 6.56. The quantitative estimate of drug-likeness (QED) is 0.728. The number of rotatable bonds is 6. The summed E-state index contributed by atoms with van der Waals surface area (Å²) in [6, 6.07) is 7.06. The van der Waals surface area contributed by atoms with Gasteiger partial charge in [0.15, 0.2) is 0 Å². The van der Waals surface area contributed by atoms with E-state index in [0.717, 1.165) is 25.6 Å². The summed E-state index contributed by atoms with van der Waals surface area (Å²) in [5.41, 5.74) is 1.28. The Morgan fingerprint density at radius 1 is 1.44 bits per heavy atom. The summed E-state index contributed by atoms with van der Waals surface area (Å²) in [6.07, 6.45) is 8.02. The normalized spacial score (nSPS) is 15.0. The molecule has 84 valence electrons. The standard InChI is InChI=1S/C13H17N3/c14-7-2-9-16(13-4-5-13)10-6-12-3-1-8-15-11-12/h1,3,8,11,13H,2,4-6,9-10H2. The number of hydrogen-bond acceptors (Lipinski definition) is 3. The predicted octanol–water partition coefficient (Wildman–Crippen LogP) is 2.00. The van der Waals surface area contributed by atoms with Crippen molar-refractivity contribution < 1.29 is 0 Å². The first-order chi connectivity index (χ1) is 7.90. The smallest absolute Gasteiger partial charge is 0.0635 e. The highest BCUT2D eigenvalue weighted by Gasteiger charge is 2.27. The van der Waals surface area contributed by atoms with Gasteiger partial charge in [-0.15, -0.1) is 0 Å². The van der Waals surface area contributed by atoms with Crippen molar-refractivity contribution in [2.24, 2.45) is 0 Å². The fraction of sp³-hybridized carbons (Fsp3) is 0.538. The fourth-order valence-electron chi connectivity index (χ4n) is 1.93. The van der Waals surface area contributed by atoms with Gasteiger partial charge in [-0.1, -0.05) is 6.07 Å². The third kappa shape index (κ3) is 3.32. The van der Waals surface area contributed by atoms with Crippen LogP contribution in [0.15, 0.2) is 24.5 Å². The topological polar surface area (TPSA) is 39.9 Å². The lowest BCUT2D eigenvalue weighted by molar-refractivity contribution is 0.273. The molecule has 0 bridgehead atoms. The van der Waals surface area contributed by atoms with Gasteiger partial charge in [-0.2, -0.15) is 5.26 Å². The van der Waals surface area contributed by atoms with E-state index in [0.29, 0.717) is 6.42 Å². The van der Waals surface area contributed by atoms with Crippen molar-refractivity contribution >= 4 is 0 Å². The molecule has 0 unspecified atom stereocenters. The zero-order chi connectivity index (χ0) is 11.2. The van der Waals surface area contributed by atoms with Gasteiger partial charge in [0.25, 0.3) is 0 Å². The lowest BCUT2D eigenvalue weighted by Crippen LogP contribution is -2.29. The average Bonchev–Trinajstić information content (AvgIpc) is 3.15. The summed E-state index contributed by atoms with van der Waals surface area (Å²) in [5.74, 6) is 0. The second-order valence-electron chi connectivity index (χ2n) is 4.29. The van der Waals surface area contributed by atoms with Crippen LogP contribution < -0.4 is 0 Å². The minimum Gasteiger partial charge on any atom is -0.299 e. The Hall–Kier alpha value is -1.40. The van der Waals surface area contributed by atoms with Crippen molar-refractivity contribution in [1.29, 1.82) is 5.26 Å². The molecule has 1 heterocycles. The third-order valence-electron chi connectivity index (χ3n) is 2.98. The van der Waals surface area contributed by atoms with Gasteiger partial charge in [0, 0.05) is 37.9 Å². The molecule has 1 aliphatic carbocycles. The molecule has 1 fully saturated rings. The highest BCUT2D eigenvalue weighted by molar-refractivity contribution is 5.09. The first kappa shape index (κ1) is 11.1. The third-order valence-corrected chi connectivity index (χ3v) is 2.98. The number of nitrogens with zero attached hydrogens (tertiary/aromatic N) is 3. The molecular formula is C13H17N3. The minimum atomic E-state index is 0.642. The maximum absolute atomic E-state index is 8.62. The van der Waals surface area contributed by atoms with E-state index in [4.69, 9.17) is 5.26 Å². The van der Waals surface area contributed by atoms with Crippen LogP contribution in [-0.4, -0.2) is 29.0 Å². The lowest BCUT2D eigenvalue weighted by atomic mass is 10.2. The Kier molecular flexibility index (Phi) is 3.90. The molecule has 3 heteroatoms. The first-order valence-corrected chi connectivity index (χ1v) is 5.90. The van der Waals surface area contributed by atoms with Crippen LogP contribution in [-0.2, 0) is 6.42 Å². The molecule has 2 rings (SSSR count). The molecule has 1 aromatic heterocycles. The van der Waals surface area contributed by atoms with E-state index < -0.39 is 0 Å². The summed E-state index contributed by atoms with van der Waals surface area (Å²) >= 11 is 0. The van der Waals surface area contributed by atoms with Gasteiger partial charge in [0.05, 0.1) is 6.07 Å². The minimum absolute atomic E-state index is 0.642. The SMILES string of the molecule is N#CCCN(CCc1cccnc1)C1CC1. The Labute approximate surface area is 96.7 Å². The first-order valence-electron chi connectivity index (χ1n) is 5.90. The molecule has 1 aromatic rings. The summed E-state index contributed by atoms with van der Waals surface area (Å²) < 4.78 is 0. The number of hydrogen-bond donors (Lipinski definition) is 0. The van der Waals surface area contributed by atoms with Gasteiger partial charge in [0.1, 0.15) is 0 Å². The molecule has 0 aromatic carbocycles. The number of nitriles is 1. The highest BCUT2D eigenvalue weighted by Crippen LogP contribution is 2.26. The van der Waals surface area contributed by atoms with E-state index in [1.807, 2.05) is 12.3 Å². The molecule has 1 saturated carbocycles. The Morgan fingerprint density at radius 3 is 2.94 bits per heavy atom.